The molecule has 0 amide bonds. The highest BCUT2D eigenvalue weighted by atomic mass is 79.9. The summed E-state index contributed by atoms with van der Waals surface area (Å²) in [5, 5.41) is 8.95. The van der Waals surface area contributed by atoms with E-state index in [-0.39, 0.29) is 0 Å². The summed E-state index contributed by atoms with van der Waals surface area (Å²) in [6.45, 7) is 5.31. The van der Waals surface area contributed by atoms with Gasteiger partial charge in [0.15, 0.2) is 11.5 Å². The van der Waals surface area contributed by atoms with E-state index in [1.54, 1.807) is 14.0 Å². The van der Waals surface area contributed by atoms with Crippen LogP contribution in [0, 0.1) is 5.92 Å². The van der Waals surface area contributed by atoms with Gasteiger partial charge in [-0.05, 0) is 47.6 Å². The molecule has 1 unspecified atom stereocenters. The van der Waals surface area contributed by atoms with Crippen LogP contribution in [0.4, 0.5) is 0 Å². The molecule has 5 nitrogen and oxygen atoms in total. The standard InChI is InChI=1S/C15H22BrNO4/c1-5-21-14-12(16)6-11(7-13(14)20-4)9-17(3)8-10(2)15(18)19/h6-7,10H,5,8-9H2,1-4H3,(H,18,19). The molecule has 21 heavy (non-hydrogen) atoms. The molecule has 0 bridgehead atoms. The van der Waals surface area contributed by atoms with Crippen molar-refractivity contribution >= 4 is 21.9 Å². The van der Waals surface area contributed by atoms with Crippen LogP contribution < -0.4 is 9.47 Å². The quantitative estimate of drug-likeness (QED) is 0.772. The lowest BCUT2D eigenvalue weighted by atomic mass is 10.1. The summed E-state index contributed by atoms with van der Waals surface area (Å²) >= 11 is 3.49. The van der Waals surface area contributed by atoms with Crippen LogP contribution in [-0.2, 0) is 11.3 Å². The van der Waals surface area contributed by atoms with Crippen LogP contribution >= 0.6 is 15.9 Å². The van der Waals surface area contributed by atoms with E-state index in [9.17, 15) is 4.79 Å². The fourth-order valence-corrected chi connectivity index (χ4v) is 2.67. The molecule has 0 aliphatic carbocycles. The number of hydrogen-bond donors (Lipinski definition) is 1. The summed E-state index contributed by atoms with van der Waals surface area (Å²) in [5.41, 5.74) is 1.03. The number of halogens is 1. The Hall–Kier alpha value is -1.27. The zero-order valence-electron chi connectivity index (χ0n) is 12.9. The van der Waals surface area contributed by atoms with E-state index in [0.717, 1.165) is 10.0 Å². The highest BCUT2D eigenvalue weighted by Gasteiger charge is 2.16. The second-order valence-corrected chi connectivity index (χ2v) is 5.83. The number of hydrogen-bond acceptors (Lipinski definition) is 4. The third-order valence-corrected chi connectivity index (χ3v) is 3.63. The van der Waals surface area contributed by atoms with Gasteiger partial charge in [-0.15, -0.1) is 0 Å². The van der Waals surface area contributed by atoms with Crippen LogP contribution in [-0.4, -0.2) is 43.3 Å². The Morgan fingerprint density at radius 3 is 2.67 bits per heavy atom. The highest BCUT2D eigenvalue weighted by Crippen LogP contribution is 2.36. The SMILES string of the molecule is CCOc1c(Br)cc(CN(C)CC(C)C(=O)O)cc1OC. The Balaban J connectivity index is 2.84. The maximum Gasteiger partial charge on any atom is 0.307 e. The van der Waals surface area contributed by atoms with Crippen molar-refractivity contribution in [3.8, 4) is 11.5 Å². The monoisotopic (exact) mass is 359 g/mol. The first-order valence-corrected chi connectivity index (χ1v) is 7.58. The van der Waals surface area contributed by atoms with E-state index < -0.39 is 11.9 Å². The second kappa shape index (κ2) is 8.24. The molecule has 1 N–H and O–H groups in total. The van der Waals surface area contributed by atoms with Crippen molar-refractivity contribution in [3.05, 3.63) is 22.2 Å². The molecule has 1 atom stereocenters. The molecule has 1 rings (SSSR count). The summed E-state index contributed by atoms with van der Waals surface area (Å²) < 4.78 is 11.7. The van der Waals surface area contributed by atoms with Gasteiger partial charge >= 0.3 is 5.97 Å². The summed E-state index contributed by atoms with van der Waals surface area (Å²) in [6.07, 6.45) is 0. The average molecular weight is 360 g/mol. The third kappa shape index (κ3) is 5.21. The molecule has 0 aliphatic rings. The summed E-state index contributed by atoms with van der Waals surface area (Å²) in [6, 6.07) is 3.88. The van der Waals surface area contributed by atoms with Crippen molar-refractivity contribution in [3.63, 3.8) is 0 Å². The normalized spacial score (nSPS) is 12.3. The van der Waals surface area contributed by atoms with E-state index in [1.165, 1.54) is 0 Å². The summed E-state index contributed by atoms with van der Waals surface area (Å²) in [7, 11) is 3.50. The first-order valence-electron chi connectivity index (χ1n) is 6.79. The molecule has 0 aromatic heterocycles. The fourth-order valence-electron chi connectivity index (χ4n) is 2.07. The number of rotatable bonds is 8. The number of methoxy groups -OCH3 is 1. The molecular formula is C15H22BrNO4. The van der Waals surface area contributed by atoms with Gasteiger partial charge in [0.25, 0.3) is 0 Å². The van der Waals surface area contributed by atoms with Gasteiger partial charge < -0.3 is 19.5 Å². The molecular weight excluding hydrogens is 338 g/mol. The number of carboxylic acid groups (broad SMARTS) is 1. The number of carboxylic acids is 1. The number of carbonyl (C=O) groups is 1. The van der Waals surface area contributed by atoms with E-state index >= 15 is 0 Å². The number of benzene rings is 1. The molecule has 1 aromatic rings. The minimum absolute atomic E-state index is 0.400. The molecule has 0 spiro atoms. The number of nitrogens with zero attached hydrogens (tertiary/aromatic N) is 1. The molecule has 0 saturated heterocycles. The van der Waals surface area contributed by atoms with Crippen LogP contribution in [0.3, 0.4) is 0 Å². The number of aliphatic carboxylic acids is 1. The molecule has 0 aliphatic heterocycles. The van der Waals surface area contributed by atoms with E-state index in [1.807, 2.05) is 31.0 Å². The van der Waals surface area contributed by atoms with Crippen LogP contribution in [0.15, 0.2) is 16.6 Å². The third-order valence-electron chi connectivity index (χ3n) is 3.04. The Labute approximate surface area is 134 Å². The molecule has 6 heteroatoms. The Bertz CT molecular complexity index is 493. The maximum absolute atomic E-state index is 10.9. The van der Waals surface area contributed by atoms with Gasteiger partial charge in [-0.1, -0.05) is 6.92 Å². The molecule has 0 radical (unpaired) electrons. The lowest BCUT2D eigenvalue weighted by Gasteiger charge is -2.20. The minimum Gasteiger partial charge on any atom is -0.493 e. The maximum atomic E-state index is 10.9. The molecule has 0 saturated carbocycles. The van der Waals surface area contributed by atoms with E-state index in [0.29, 0.717) is 31.2 Å². The van der Waals surface area contributed by atoms with Crippen molar-refractivity contribution < 1.29 is 19.4 Å². The van der Waals surface area contributed by atoms with Crippen LogP contribution in [0.1, 0.15) is 19.4 Å². The largest absolute Gasteiger partial charge is 0.493 e. The first kappa shape index (κ1) is 17.8. The molecule has 1 aromatic carbocycles. The van der Waals surface area contributed by atoms with Gasteiger partial charge in [0.2, 0.25) is 0 Å². The van der Waals surface area contributed by atoms with Gasteiger partial charge in [-0.25, -0.2) is 0 Å². The average Bonchev–Trinajstić information content (AvgIpc) is 2.41. The number of ether oxygens (including phenoxy) is 2. The van der Waals surface area contributed by atoms with Gasteiger partial charge in [-0.3, -0.25) is 4.79 Å². The smallest absolute Gasteiger partial charge is 0.307 e. The predicted molar refractivity (Wildman–Crippen MR) is 85.0 cm³/mol. The molecule has 118 valence electrons. The van der Waals surface area contributed by atoms with Crippen molar-refractivity contribution in [2.45, 2.75) is 20.4 Å². The topological polar surface area (TPSA) is 59.0 Å². The van der Waals surface area contributed by atoms with E-state index in [2.05, 4.69) is 15.9 Å². The van der Waals surface area contributed by atoms with Crippen molar-refractivity contribution in [2.24, 2.45) is 5.92 Å². The molecule has 0 fully saturated rings. The van der Waals surface area contributed by atoms with Gasteiger partial charge in [0, 0.05) is 13.1 Å². The van der Waals surface area contributed by atoms with Gasteiger partial charge in [0.1, 0.15) is 0 Å². The lowest BCUT2D eigenvalue weighted by molar-refractivity contribution is -0.141. The minimum atomic E-state index is -0.785. The Morgan fingerprint density at radius 2 is 2.14 bits per heavy atom. The van der Waals surface area contributed by atoms with Gasteiger partial charge in [-0.2, -0.15) is 0 Å². The van der Waals surface area contributed by atoms with Crippen molar-refractivity contribution in [1.82, 2.24) is 4.90 Å². The van der Waals surface area contributed by atoms with Crippen molar-refractivity contribution in [1.29, 1.82) is 0 Å². The summed E-state index contributed by atoms with van der Waals surface area (Å²) in [4.78, 5) is 12.9. The first-order chi connectivity index (χ1) is 9.88. The highest BCUT2D eigenvalue weighted by molar-refractivity contribution is 9.10. The Kier molecular flexibility index (Phi) is 6.98. The van der Waals surface area contributed by atoms with Crippen LogP contribution in [0.5, 0.6) is 11.5 Å². The predicted octanol–water partition coefficient (Wildman–Crippen LogP) is 3.01. The van der Waals surface area contributed by atoms with Gasteiger partial charge in [0.05, 0.1) is 24.1 Å². The van der Waals surface area contributed by atoms with Crippen LogP contribution in [0.25, 0.3) is 0 Å². The fraction of sp³-hybridized carbons (Fsp3) is 0.533. The summed E-state index contributed by atoms with van der Waals surface area (Å²) in [5.74, 6) is 0.168. The van der Waals surface area contributed by atoms with Crippen molar-refractivity contribution in [2.75, 3.05) is 27.3 Å². The lowest BCUT2D eigenvalue weighted by Crippen LogP contribution is -2.28. The van der Waals surface area contributed by atoms with E-state index in [4.69, 9.17) is 14.6 Å². The Morgan fingerprint density at radius 1 is 1.48 bits per heavy atom. The zero-order chi connectivity index (χ0) is 16.0. The zero-order valence-corrected chi connectivity index (χ0v) is 14.4. The second-order valence-electron chi connectivity index (χ2n) is 4.98. The van der Waals surface area contributed by atoms with Crippen LogP contribution in [0.2, 0.25) is 0 Å². The molecule has 0 heterocycles.